The van der Waals surface area contributed by atoms with Crippen molar-refractivity contribution < 1.29 is 14.2 Å². The van der Waals surface area contributed by atoms with Crippen molar-refractivity contribution in [2.45, 2.75) is 33.7 Å². The molecule has 0 heterocycles. The SMILES string of the molecule is CCNCc1cc(OC)ccc1OCCOCCC(C)C. The molecule has 0 fully saturated rings. The molecule has 0 radical (unpaired) electrons. The van der Waals surface area contributed by atoms with E-state index in [0.29, 0.717) is 19.1 Å². The lowest BCUT2D eigenvalue weighted by Crippen LogP contribution is -2.14. The molecule has 4 heteroatoms. The van der Waals surface area contributed by atoms with Crippen LogP contribution in [0.1, 0.15) is 32.8 Å². The Balaban J connectivity index is 2.41. The number of nitrogens with one attached hydrogen (secondary N) is 1. The molecule has 0 aliphatic rings. The fraction of sp³-hybridized carbons (Fsp3) is 0.647. The van der Waals surface area contributed by atoms with Crippen LogP contribution in [0.2, 0.25) is 0 Å². The van der Waals surface area contributed by atoms with Gasteiger partial charge in [-0.25, -0.2) is 0 Å². The van der Waals surface area contributed by atoms with Crippen molar-refractivity contribution in [3.05, 3.63) is 23.8 Å². The van der Waals surface area contributed by atoms with Crippen LogP contribution in [0, 0.1) is 5.92 Å². The molecule has 0 saturated heterocycles. The van der Waals surface area contributed by atoms with Gasteiger partial charge >= 0.3 is 0 Å². The van der Waals surface area contributed by atoms with E-state index in [1.165, 1.54) is 0 Å². The van der Waals surface area contributed by atoms with Gasteiger partial charge in [0.15, 0.2) is 0 Å². The van der Waals surface area contributed by atoms with Crippen molar-refractivity contribution in [3.63, 3.8) is 0 Å². The van der Waals surface area contributed by atoms with E-state index in [0.717, 1.165) is 43.2 Å². The number of hydrogen-bond acceptors (Lipinski definition) is 4. The molecule has 0 unspecified atom stereocenters. The second-order valence-electron chi connectivity index (χ2n) is 5.40. The van der Waals surface area contributed by atoms with Crippen LogP contribution in [0.15, 0.2) is 18.2 Å². The van der Waals surface area contributed by atoms with Gasteiger partial charge in [0, 0.05) is 18.7 Å². The molecule has 0 amide bonds. The summed E-state index contributed by atoms with van der Waals surface area (Å²) in [6, 6.07) is 5.89. The molecule has 0 atom stereocenters. The molecule has 0 bridgehead atoms. The van der Waals surface area contributed by atoms with Gasteiger partial charge in [0.05, 0.1) is 13.7 Å². The Hall–Kier alpha value is -1.26. The monoisotopic (exact) mass is 295 g/mol. The van der Waals surface area contributed by atoms with Crippen LogP contribution in [0.5, 0.6) is 11.5 Å². The number of hydrogen-bond donors (Lipinski definition) is 1. The summed E-state index contributed by atoms with van der Waals surface area (Å²) >= 11 is 0. The second-order valence-corrected chi connectivity index (χ2v) is 5.40. The quantitative estimate of drug-likeness (QED) is 0.636. The highest BCUT2D eigenvalue weighted by molar-refractivity contribution is 5.40. The molecular weight excluding hydrogens is 266 g/mol. The molecule has 1 rings (SSSR count). The summed E-state index contributed by atoms with van der Waals surface area (Å²) in [7, 11) is 1.68. The summed E-state index contributed by atoms with van der Waals surface area (Å²) in [6.07, 6.45) is 1.09. The van der Waals surface area contributed by atoms with E-state index in [2.05, 4.69) is 26.1 Å². The summed E-state index contributed by atoms with van der Waals surface area (Å²) in [4.78, 5) is 0. The zero-order valence-corrected chi connectivity index (χ0v) is 13.8. The molecule has 21 heavy (non-hydrogen) atoms. The van der Waals surface area contributed by atoms with Gasteiger partial charge in [0.1, 0.15) is 18.1 Å². The minimum atomic E-state index is 0.573. The van der Waals surface area contributed by atoms with Gasteiger partial charge in [-0.1, -0.05) is 20.8 Å². The van der Waals surface area contributed by atoms with E-state index >= 15 is 0 Å². The smallest absolute Gasteiger partial charge is 0.124 e. The molecule has 1 N–H and O–H groups in total. The van der Waals surface area contributed by atoms with Crippen LogP contribution < -0.4 is 14.8 Å². The van der Waals surface area contributed by atoms with E-state index in [9.17, 15) is 0 Å². The van der Waals surface area contributed by atoms with Gasteiger partial charge in [0.2, 0.25) is 0 Å². The molecule has 120 valence electrons. The average Bonchev–Trinajstić information content (AvgIpc) is 2.48. The number of benzene rings is 1. The summed E-state index contributed by atoms with van der Waals surface area (Å²) in [5.74, 6) is 2.42. The molecule has 0 aliphatic heterocycles. The Morgan fingerprint density at radius 3 is 2.62 bits per heavy atom. The lowest BCUT2D eigenvalue weighted by Gasteiger charge is -2.13. The molecule has 1 aromatic rings. The van der Waals surface area contributed by atoms with Gasteiger partial charge in [-0.2, -0.15) is 0 Å². The molecule has 0 aromatic heterocycles. The summed E-state index contributed by atoms with van der Waals surface area (Å²) in [6.45, 7) is 10.2. The summed E-state index contributed by atoms with van der Waals surface area (Å²) in [5, 5.41) is 3.31. The third kappa shape index (κ3) is 7.34. The van der Waals surface area contributed by atoms with Crippen molar-refractivity contribution in [2.24, 2.45) is 5.92 Å². The molecule has 0 saturated carbocycles. The van der Waals surface area contributed by atoms with E-state index in [1.807, 2.05) is 18.2 Å². The average molecular weight is 295 g/mol. The van der Waals surface area contributed by atoms with Crippen LogP contribution >= 0.6 is 0 Å². The van der Waals surface area contributed by atoms with Crippen molar-refractivity contribution in [3.8, 4) is 11.5 Å². The highest BCUT2D eigenvalue weighted by Crippen LogP contribution is 2.24. The van der Waals surface area contributed by atoms with Gasteiger partial charge < -0.3 is 19.5 Å². The fourth-order valence-electron chi connectivity index (χ4n) is 1.85. The lowest BCUT2D eigenvalue weighted by molar-refractivity contribution is 0.0922. The highest BCUT2D eigenvalue weighted by Gasteiger charge is 2.05. The van der Waals surface area contributed by atoms with Crippen LogP contribution in [0.4, 0.5) is 0 Å². The largest absolute Gasteiger partial charge is 0.497 e. The van der Waals surface area contributed by atoms with Crippen LogP contribution in [-0.2, 0) is 11.3 Å². The highest BCUT2D eigenvalue weighted by atomic mass is 16.5. The second kappa shape index (κ2) is 10.5. The summed E-state index contributed by atoms with van der Waals surface area (Å²) < 4.78 is 16.6. The van der Waals surface area contributed by atoms with Gasteiger partial charge in [0.25, 0.3) is 0 Å². The summed E-state index contributed by atoms with van der Waals surface area (Å²) in [5.41, 5.74) is 1.11. The van der Waals surface area contributed by atoms with Gasteiger partial charge in [-0.15, -0.1) is 0 Å². The molecule has 1 aromatic carbocycles. The first-order chi connectivity index (χ1) is 10.2. The lowest BCUT2D eigenvalue weighted by atomic mass is 10.1. The third-order valence-corrected chi connectivity index (χ3v) is 3.16. The Labute approximate surface area is 128 Å². The molecule has 0 aliphatic carbocycles. The molecule has 0 spiro atoms. The zero-order valence-electron chi connectivity index (χ0n) is 13.8. The topological polar surface area (TPSA) is 39.7 Å². The van der Waals surface area contributed by atoms with Crippen molar-refractivity contribution in [1.82, 2.24) is 5.32 Å². The third-order valence-electron chi connectivity index (χ3n) is 3.16. The van der Waals surface area contributed by atoms with Crippen LogP contribution in [0.25, 0.3) is 0 Å². The number of rotatable bonds is 11. The first kappa shape index (κ1) is 17.8. The Bertz CT molecular complexity index is 394. The van der Waals surface area contributed by atoms with Gasteiger partial charge in [-0.05, 0) is 37.1 Å². The van der Waals surface area contributed by atoms with Crippen molar-refractivity contribution in [1.29, 1.82) is 0 Å². The minimum Gasteiger partial charge on any atom is -0.497 e. The first-order valence-electron chi connectivity index (χ1n) is 7.75. The number of ether oxygens (including phenoxy) is 3. The van der Waals surface area contributed by atoms with Crippen LogP contribution in [0.3, 0.4) is 0 Å². The van der Waals surface area contributed by atoms with Gasteiger partial charge in [-0.3, -0.25) is 0 Å². The van der Waals surface area contributed by atoms with E-state index < -0.39 is 0 Å². The number of methoxy groups -OCH3 is 1. The molecule has 4 nitrogen and oxygen atoms in total. The predicted octanol–water partition coefficient (Wildman–Crippen LogP) is 3.25. The van der Waals surface area contributed by atoms with Crippen molar-refractivity contribution >= 4 is 0 Å². The first-order valence-corrected chi connectivity index (χ1v) is 7.75. The fourth-order valence-corrected chi connectivity index (χ4v) is 1.85. The maximum atomic E-state index is 5.82. The minimum absolute atomic E-state index is 0.573. The maximum absolute atomic E-state index is 5.82. The van der Waals surface area contributed by atoms with E-state index in [4.69, 9.17) is 14.2 Å². The standard InChI is InChI=1S/C17H29NO3/c1-5-18-13-15-12-16(19-4)6-7-17(15)21-11-10-20-9-8-14(2)3/h6-7,12,14,18H,5,8-11,13H2,1-4H3. The Morgan fingerprint density at radius 1 is 1.14 bits per heavy atom. The van der Waals surface area contributed by atoms with E-state index in [1.54, 1.807) is 7.11 Å². The molecular formula is C17H29NO3. The maximum Gasteiger partial charge on any atom is 0.124 e. The Morgan fingerprint density at radius 2 is 1.95 bits per heavy atom. The normalized spacial score (nSPS) is 10.9. The predicted molar refractivity (Wildman–Crippen MR) is 86.1 cm³/mol. The Kier molecular flexibility index (Phi) is 8.87. The van der Waals surface area contributed by atoms with Crippen molar-refractivity contribution in [2.75, 3.05) is 33.5 Å². The van der Waals surface area contributed by atoms with E-state index in [-0.39, 0.29) is 0 Å². The van der Waals surface area contributed by atoms with Crippen LogP contribution in [-0.4, -0.2) is 33.5 Å². The zero-order chi connectivity index (χ0) is 15.5.